The van der Waals surface area contributed by atoms with Crippen LogP contribution in [0.2, 0.25) is 0 Å². The van der Waals surface area contributed by atoms with Crippen LogP contribution >= 0.6 is 11.8 Å². The zero-order valence-corrected chi connectivity index (χ0v) is 12.5. The summed E-state index contributed by atoms with van der Waals surface area (Å²) in [7, 11) is 3.52. The van der Waals surface area contributed by atoms with Crippen LogP contribution in [0.3, 0.4) is 0 Å². The van der Waals surface area contributed by atoms with Crippen molar-refractivity contribution < 1.29 is 4.79 Å². The normalized spacial score (nSPS) is 19.3. The molecule has 1 heterocycles. The van der Waals surface area contributed by atoms with Gasteiger partial charge >= 0.3 is 0 Å². The number of carbonyl (C=O) groups excluding carboxylic acids is 1. The van der Waals surface area contributed by atoms with Crippen LogP contribution < -0.4 is 10.6 Å². The largest absolute Gasteiger partial charge is 0.397 e. The van der Waals surface area contributed by atoms with Crippen LogP contribution in [0.4, 0.5) is 11.4 Å². The zero-order valence-electron chi connectivity index (χ0n) is 11.7. The fourth-order valence-corrected chi connectivity index (χ4v) is 3.26. The Kier molecular flexibility index (Phi) is 4.24. The topological polar surface area (TPSA) is 49.6 Å². The molecule has 19 heavy (non-hydrogen) atoms. The maximum Gasteiger partial charge on any atom is 0.253 e. The minimum absolute atomic E-state index is 0.0145. The number of hydrogen-bond acceptors (Lipinski definition) is 4. The Balaban J connectivity index is 2.29. The monoisotopic (exact) mass is 279 g/mol. The Morgan fingerprint density at radius 2 is 2.21 bits per heavy atom. The molecule has 1 unspecified atom stereocenters. The van der Waals surface area contributed by atoms with E-state index in [1.807, 2.05) is 23.9 Å². The van der Waals surface area contributed by atoms with Gasteiger partial charge in [0.2, 0.25) is 0 Å². The SMILES string of the molecule is CC1CN(c2cc(C(=O)N(C)C)ccc2N)CCS1. The van der Waals surface area contributed by atoms with E-state index in [0.29, 0.717) is 10.8 Å². The van der Waals surface area contributed by atoms with Crippen LogP contribution in [-0.2, 0) is 0 Å². The summed E-state index contributed by atoms with van der Waals surface area (Å²) in [5.74, 6) is 1.12. The van der Waals surface area contributed by atoms with Crippen molar-refractivity contribution in [3.05, 3.63) is 23.8 Å². The van der Waals surface area contributed by atoms with Gasteiger partial charge in [-0.1, -0.05) is 6.92 Å². The van der Waals surface area contributed by atoms with E-state index in [1.165, 1.54) is 0 Å². The molecule has 0 saturated carbocycles. The number of nitrogen functional groups attached to an aromatic ring is 1. The molecule has 1 saturated heterocycles. The minimum Gasteiger partial charge on any atom is -0.397 e. The summed E-state index contributed by atoms with van der Waals surface area (Å²) in [6.07, 6.45) is 0. The number of anilines is 2. The predicted octanol–water partition coefficient (Wildman–Crippen LogP) is 1.91. The summed E-state index contributed by atoms with van der Waals surface area (Å²) in [6, 6.07) is 5.54. The quantitative estimate of drug-likeness (QED) is 0.840. The van der Waals surface area contributed by atoms with Gasteiger partial charge in [-0.05, 0) is 18.2 Å². The van der Waals surface area contributed by atoms with Crippen molar-refractivity contribution in [2.45, 2.75) is 12.2 Å². The van der Waals surface area contributed by atoms with Gasteiger partial charge in [-0.25, -0.2) is 0 Å². The smallest absolute Gasteiger partial charge is 0.253 e. The lowest BCUT2D eigenvalue weighted by molar-refractivity contribution is 0.0827. The van der Waals surface area contributed by atoms with Crippen molar-refractivity contribution in [3.63, 3.8) is 0 Å². The van der Waals surface area contributed by atoms with E-state index in [1.54, 1.807) is 25.1 Å². The molecule has 4 nitrogen and oxygen atoms in total. The lowest BCUT2D eigenvalue weighted by Gasteiger charge is -2.33. The van der Waals surface area contributed by atoms with Gasteiger partial charge in [0.25, 0.3) is 5.91 Å². The molecule has 5 heteroatoms. The molecule has 2 N–H and O–H groups in total. The van der Waals surface area contributed by atoms with Gasteiger partial charge in [-0.2, -0.15) is 11.8 Å². The molecule has 1 aromatic rings. The van der Waals surface area contributed by atoms with E-state index in [4.69, 9.17) is 5.73 Å². The van der Waals surface area contributed by atoms with Crippen molar-refractivity contribution in [2.75, 3.05) is 43.6 Å². The molecular weight excluding hydrogens is 258 g/mol. The third-order valence-electron chi connectivity index (χ3n) is 3.27. The second-order valence-corrected chi connectivity index (χ2v) is 6.65. The average Bonchev–Trinajstić information content (AvgIpc) is 2.38. The van der Waals surface area contributed by atoms with Crippen LogP contribution in [0.5, 0.6) is 0 Å². The number of carbonyl (C=O) groups is 1. The molecule has 1 aliphatic heterocycles. The van der Waals surface area contributed by atoms with E-state index >= 15 is 0 Å². The Hall–Kier alpha value is -1.36. The molecule has 0 radical (unpaired) electrons. The maximum absolute atomic E-state index is 12.0. The summed E-state index contributed by atoms with van der Waals surface area (Å²) in [4.78, 5) is 15.9. The van der Waals surface area contributed by atoms with E-state index in [0.717, 1.165) is 30.2 Å². The van der Waals surface area contributed by atoms with Gasteiger partial charge < -0.3 is 15.5 Å². The number of amides is 1. The van der Waals surface area contributed by atoms with Gasteiger partial charge in [-0.15, -0.1) is 0 Å². The van der Waals surface area contributed by atoms with Gasteiger partial charge in [0, 0.05) is 43.8 Å². The van der Waals surface area contributed by atoms with Gasteiger partial charge in [0.15, 0.2) is 0 Å². The summed E-state index contributed by atoms with van der Waals surface area (Å²) in [5, 5.41) is 0.598. The second kappa shape index (κ2) is 5.74. The molecule has 0 spiro atoms. The summed E-state index contributed by atoms with van der Waals surface area (Å²) in [5.41, 5.74) is 8.49. The Morgan fingerprint density at radius 1 is 1.47 bits per heavy atom. The third-order valence-corrected chi connectivity index (χ3v) is 4.40. The molecule has 0 aliphatic carbocycles. The molecule has 1 aromatic carbocycles. The first kappa shape index (κ1) is 14.1. The molecule has 1 fully saturated rings. The highest BCUT2D eigenvalue weighted by Gasteiger charge is 2.20. The zero-order chi connectivity index (χ0) is 14.0. The summed E-state index contributed by atoms with van der Waals surface area (Å²) < 4.78 is 0. The molecule has 104 valence electrons. The Labute approximate surface area is 118 Å². The van der Waals surface area contributed by atoms with Crippen molar-refractivity contribution in [1.29, 1.82) is 0 Å². The van der Waals surface area contributed by atoms with E-state index < -0.39 is 0 Å². The van der Waals surface area contributed by atoms with Crippen LogP contribution in [-0.4, -0.2) is 49.0 Å². The highest BCUT2D eigenvalue weighted by atomic mass is 32.2. The molecular formula is C14H21N3OS. The maximum atomic E-state index is 12.0. The summed E-state index contributed by atoms with van der Waals surface area (Å²) >= 11 is 1.98. The van der Waals surface area contributed by atoms with Crippen LogP contribution in [0.25, 0.3) is 0 Å². The highest BCUT2D eigenvalue weighted by molar-refractivity contribution is 8.00. The first-order chi connectivity index (χ1) is 8.99. The van der Waals surface area contributed by atoms with Crippen LogP contribution in [0, 0.1) is 0 Å². The number of nitrogens with zero attached hydrogens (tertiary/aromatic N) is 2. The number of thioether (sulfide) groups is 1. The first-order valence-corrected chi connectivity index (χ1v) is 7.51. The van der Waals surface area contributed by atoms with Gasteiger partial charge in [-0.3, -0.25) is 4.79 Å². The lowest BCUT2D eigenvalue weighted by Crippen LogP contribution is -2.37. The standard InChI is InChI=1S/C14H21N3OS/c1-10-9-17(6-7-19-10)13-8-11(4-5-12(13)15)14(18)16(2)3/h4-5,8,10H,6-7,9,15H2,1-3H3. The number of hydrogen-bond donors (Lipinski definition) is 1. The fraction of sp³-hybridized carbons (Fsp3) is 0.500. The Morgan fingerprint density at radius 3 is 2.84 bits per heavy atom. The molecule has 0 bridgehead atoms. The molecule has 1 aliphatic rings. The van der Waals surface area contributed by atoms with Gasteiger partial charge in [0.05, 0.1) is 11.4 Å². The Bertz CT molecular complexity index is 476. The predicted molar refractivity (Wildman–Crippen MR) is 83.0 cm³/mol. The fourth-order valence-electron chi connectivity index (χ4n) is 2.25. The van der Waals surface area contributed by atoms with Crippen molar-refractivity contribution >= 4 is 29.0 Å². The molecule has 0 aromatic heterocycles. The second-order valence-electron chi connectivity index (χ2n) is 5.10. The van der Waals surface area contributed by atoms with E-state index in [2.05, 4.69) is 11.8 Å². The van der Waals surface area contributed by atoms with Crippen molar-refractivity contribution in [1.82, 2.24) is 4.90 Å². The molecule has 1 atom stereocenters. The minimum atomic E-state index is 0.0145. The number of benzene rings is 1. The highest BCUT2D eigenvalue weighted by Crippen LogP contribution is 2.29. The molecule has 1 amide bonds. The number of rotatable bonds is 2. The molecule has 2 rings (SSSR count). The van der Waals surface area contributed by atoms with Gasteiger partial charge in [0.1, 0.15) is 0 Å². The third kappa shape index (κ3) is 3.15. The van der Waals surface area contributed by atoms with E-state index in [9.17, 15) is 4.79 Å². The van der Waals surface area contributed by atoms with Crippen molar-refractivity contribution in [3.8, 4) is 0 Å². The average molecular weight is 279 g/mol. The van der Waals surface area contributed by atoms with Crippen molar-refractivity contribution in [2.24, 2.45) is 0 Å². The first-order valence-electron chi connectivity index (χ1n) is 6.46. The lowest BCUT2D eigenvalue weighted by atomic mass is 10.1. The van der Waals surface area contributed by atoms with Crippen LogP contribution in [0.1, 0.15) is 17.3 Å². The summed E-state index contributed by atoms with van der Waals surface area (Å²) in [6.45, 7) is 4.19. The van der Waals surface area contributed by atoms with Crippen LogP contribution in [0.15, 0.2) is 18.2 Å². The van der Waals surface area contributed by atoms with E-state index in [-0.39, 0.29) is 5.91 Å². The number of nitrogens with two attached hydrogens (primary N) is 1.